The average Bonchev–Trinajstić information content (AvgIpc) is 2.11. The molecule has 0 rings (SSSR count). The fourth-order valence-corrected chi connectivity index (χ4v) is 1.35. The normalized spacial score (nSPS) is 14.1. The predicted molar refractivity (Wildman–Crippen MR) is 68.3 cm³/mol. The summed E-state index contributed by atoms with van der Waals surface area (Å²) in [5.74, 6) is -1.41. The smallest absolute Gasteiger partial charge is 0.328 e. The number of ether oxygens (including phenoxy) is 1. The van der Waals surface area contributed by atoms with Gasteiger partial charge in [-0.15, -0.1) is 0 Å². The Labute approximate surface area is 116 Å². The topological polar surface area (TPSA) is 55.4 Å². The monoisotopic (exact) mass is 303 g/mol. The fraction of sp³-hybridized carbons (Fsp3) is 0.800. The molecule has 1 amide bonds. The van der Waals surface area contributed by atoms with E-state index >= 15 is 0 Å². The minimum absolute atomic E-state index is 0.181. The summed E-state index contributed by atoms with van der Waals surface area (Å²) < 4.78 is 2.50. The van der Waals surface area contributed by atoms with E-state index in [2.05, 4.69) is 10.1 Å². The van der Waals surface area contributed by atoms with E-state index in [1.807, 2.05) is 20.8 Å². The molecule has 0 aromatic carbocycles. The first-order chi connectivity index (χ1) is 7.47. The lowest BCUT2D eigenvalue weighted by molar-refractivity contribution is -0.145. The Hall–Kier alpha value is -0.190. The highest BCUT2D eigenvalue weighted by molar-refractivity contribution is 6.76. The van der Waals surface area contributed by atoms with Crippen molar-refractivity contribution in [2.24, 2.45) is 5.41 Å². The summed E-state index contributed by atoms with van der Waals surface area (Å²) in [5, 5.41) is 2.35. The zero-order valence-electron chi connectivity index (χ0n) is 10.1. The van der Waals surface area contributed by atoms with Crippen molar-refractivity contribution in [2.75, 3.05) is 7.11 Å². The second-order valence-electron chi connectivity index (χ2n) is 4.81. The number of halogens is 3. The van der Waals surface area contributed by atoms with Crippen molar-refractivity contribution >= 4 is 46.7 Å². The summed E-state index contributed by atoms with van der Waals surface area (Å²) >= 11 is 16.2. The van der Waals surface area contributed by atoms with Crippen LogP contribution in [0.25, 0.3) is 0 Å². The first-order valence-corrected chi connectivity index (χ1v) is 6.06. The fourth-order valence-electron chi connectivity index (χ4n) is 1.19. The molecular weight excluding hydrogens is 288 g/mol. The van der Waals surface area contributed by atoms with Crippen LogP contribution in [0, 0.1) is 5.41 Å². The summed E-state index contributed by atoms with van der Waals surface area (Å²) in [6.07, 6.45) is 0.381. The summed E-state index contributed by atoms with van der Waals surface area (Å²) in [4.78, 5) is 23.0. The molecule has 0 heterocycles. The Balaban J connectivity index is 4.73. The quantitative estimate of drug-likeness (QED) is 0.643. The molecule has 0 unspecified atom stereocenters. The summed E-state index contributed by atoms with van der Waals surface area (Å²) in [7, 11) is 1.24. The third-order valence-corrected chi connectivity index (χ3v) is 2.38. The van der Waals surface area contributed by atoms with Crippen LogP contribution in [0.15, 0.2) is 0 Å². The molecule has 0 spiro atoms. The van der Waals surface area contributed by atoms with Gasteiger partial charge >= 0.3 is 5.97 Å². The molecule has 0 aromatic heterocycles. The van der Waals surface area contributed by atoms with Crippen LogP contribution in [0.5, 0.6) is 0 Å². The van der Waals surface area contributed by atoms with E-state index in [4.69, 9.17) is 34.8 Å². The van der Waals surface area contributed by atoms with Crippen LogP contribution in [-0.2, 0) is 14.3 Å². The highest BCUT2D eigenvalue weighted by Crippen LogP contribution is 2.27. The van der Waals surface area contributed by atoms with Gasteiger partial charge in [0, 0.05) is 0 Å². The van der Waals surface area contributed by atoms with Crippen molar-refractivity contribution < 1.29 is 14.3 Å². The van der Waals surface area contributed by atoms with E-state index in [0.717, 1.165) is 0 Å². The first-order valence-electron chi connectivity index (χ1n) is 4.93. The van der Waals surface area contributed by atoms with Gasteiger partial charge < -0.3 is 10.1 Å². The van der Waals surface area contributed by atoms with Crippen LogP contribution in [0.4, 0.5) is 0 Å². The second-order valence-corrected chi connectivity index (χ2v) is 7.09. The molecule has 0 aliphatic rings. The maximum absolute atomic E-state index is 11.5. The van der Waals surface area contributed by atoms with Gasteiger partial charge in [0.15, 0.2) is 0 Å². The molecule has 0 radical (unpaired) electrons. The third-order valence-electron chi connectivity index (χ3n) is 1.86. The van der Waals surface area contributed by atoms with Gasteiger partial charge in [-0.1, -0.05) is 55.6 Å². The number of esters is 1. The molecule has 0 aliphatic heterocycles. The molecule has 0 aromatic rings. The summed E-state index contributed by atoms with van der Waals surface area (Å²) in [5.41, 5.74) is -0.181. The summed E-state index contributed by atoms with van der Waals surface area (Å²) in [6.45, 7) is 5.76. The molecule has 1 N–H and O–H groups in total. The molecule has 17 heavy (non-hydrogen) atoms. The summed E-state index contributed by atoms with van der Waals surface area (Å²) in [6, 6.07) is -0.830. The van der Waals surface area contributed by atoms with Crippen molar-refractivity contribution in [2.45, 2.75) is 37.0 Å². The average molecular weight is 305 g/mol. The van der Waals surface area contributed by atoms with Crippen molar-refractivity contribution in [3.63, 3.8) is 0 Å². The van der Waals surface area contributed by atoms with E-state index in [1.165, 1.54) is 7.11 Å². The van der Waals surface area contributed by atoms with Crippen LogP contribution >= 0.6 is 34.8 Å². The van der Waals surface area contributed by atoms with E-state index in [1.54, 1.807) is 0 Å². The van der Waals surface area contributed by atoms with Gasteiger partial charge in [0.2, 0.25) is 0 Å². The largest absolute Gasteiger partial charge is 0.467 e. The lowest BCUT2D eigenvalue weighted by Gasteiger charge is -2.26. The van der Waals surface area contributed by atoms with Gasteiger partial charge in [-0.2, -0.15) is 0 Å². The zero-order valence-corrected chi connectivity index (χ0v) is 12.4. The third kappa shape index (κ3) is 6.96. The van der Waals surface area contributed by atoms with Gasteiger partial charge in [0.05, 0.1) is 7.11 Å². The van der Waals surface area contributed by atoms with E-state index in [9.17, 15) is 9.59 Å². The first kappa shape index (κ1) is 16.8. The maximum atomic E-state index is 11.5. The molecular formula is C10H16Cl3NO3. The van der Waals surface area contributed by atoms with Crippen molar-refractivity contribution in [1.29, 1.82) is 0 Å². The van der Waals surface area contributed by atoms with Crippen molar-refractivity contribution in [3.05, 3.63) is 0 Å². The molecule has 0 bridgehead atoms. The standard InChI is InChI=1S/C10H16Cl3NO3/c1-9(2,3)5-6(7(15)17-4)14-8(16)10(11,12)13/h6H,5H2,1-4H3,(H,14,16)/t6-/m0/s1. The molecule has 0 saturated carbocycles. The number of nitrogens with one attached hydrogen (secondary N) is 1. The van der Waals surface area contributed by atoms with E-state index in [0.29, 0.717) is 6.42 Å². The number of rotatable bonds is 3. The molecule has 7 heteroatoms. The number of carbonyl (C=O) groups excluding carboxylic acids is 2. The Kier molecular flexibility index (Phi) is 6.05. The van der Waals surface area contributed by atoms with Crippen LogP contribution in [0.1, 0.15) is 27.2 Å². The lowest BCUT2D eigenvalue weighted by Crippen LogP contribution is -2.47. The number of hydrogen-bond donors (Lipinski definition) is 1. The van der Waals surface area contributed by atoms with Gasteiger partial charge in [0.1, 0.15) is 6.04 Å². The van der Waals surface area contributed by atoms with Crippen LogP contribution in [0.3, 0.4) is 0 Å². The highest BCUT2D eigenvalue weighted by Gasteiger charge is 2.35. The van der Waals surface area contributed by atoms with E-state index in [-0.39, 0.29) is 5.41 Å². The van der Waals surface area contributed by atoms with Crippen molar-refractivity contribution in [1.82, 2.24) is 5.32 Å². The number of alkyl halides is 3. The highest BCUT2D eigenvalue weighted by atomic mass is 35.6. The Morgan fingerprint density at radius 3 is 2.00 bits per heavy atom. The van der Waals surface area contributed by atoms with Crippen LogP contribution in [0.2, 0.25) is 0 Å². The Bertz CT molecular complexity index is 294. The minimum Gasteiger partial charge on any atom is -0.467 e. The van der Waals surface area contributed by atoms with Gasteiger partial charge in [-0.3, -0.25) is 4.79 Å². The molecule has 0 aliphatic carbocycles. The molecule has 4 nitrogen and oxygen atoms in total. The number of methoxy groups -OCH3 is 1. The van der Waals surface area contributed by atoms with Gasteiger partial charge in [-0.25, -0.2) is 4.79 Å². The number of amides is 1. The molecule has 0 saturated heterocycles. The Morgan fingerprint density at radius 2 is 1.71 bits per heavy atom. The second kappa shape index (κ2) is 6.12. The van der Waals surface area contributed by atoms with Crippen LogP contribution < -0.4 is 5.32 Å². The Morgan fingerprint density at radius 1 is 1.24 bits per heavy atom. The van der Waals surface area contributed by atoms with Crippen molar-refractivity contribution in [3.8, 4) is 0 Å². The van der Waals surface area contributed by atoms with Crippen LogP contribution in [-0.4, -0.2) is 28.8 Å². The zero-order chi connectivity index (χ0) is 13.9. The van der Waals surface area contributed by atoms with E-state index < -0.39 is 21.7 Å². The lowest BCUT2D eigenvalue weighted by atomic mass is 9.88. The SMILES string of the molecule is COC(=O)[C@H](CC(C)(C)C)NC(=O)C(Cl)(Cl)Cl. The molecule has 1 atom stereocenters. The molecule has 100 valence electrons. The number of hydrogen-bond acceptors (Lipinski definition) is 3. The maximum Gasteiger partial charge on any atom is 0.328 e. The number of carbonyl (C=O) groups is 2. The predicted octanol–water partition coefficient (Wildman–Crippen LogP) is 2.45. The van der Waals surface area contributed by atoms with Gasteiger partial charge in [-0.05, 0) is 11.8 Å². The minimum atomic E-state index is -2.09. The molecule has 0 fully saturated rings. The van der Waals surface area contributed by atoms with Gasteiger partial charge in [0.25, 0.3) is 9.70 Å².